The van der Waals surface area contributed by atoms with Gasteiger partial charge in [0.1, 0.15) is 18.1 Å². The van der Waals surface area contributed by atoms with Crippen molar-refractivity contribution in [2.75, 3.05) is 20.3 Å². The number of likely N-dealkylation sites (tertiary alicyclic amines) is 1. The first-order valence-corrected chi connectivity index (χ1v) is 10.7. The normalized spacial score (nSPS) is 25.4. The Bertz CT molecular complexity index is 884. The number of rotatable bonds is 9. The predicted octanol–water partition coefficient (Wildman–Crippen LogP) is 1.24. The summed E-state index contributed by atoms with van der Waals surface area (Å²) in [4.78, 5) is 26.1. The van der Waals surface area contributed by atoms with Crippen LogP contribution in [-0.2, 0) is 16.2 Å². The summed E-state index contributed by atoms with van der Waals surface area (Å²) >= 11 is 0. The third-order valence-corrected chi connectivity index (χ3v) is 6.53. The van der Waals surface area contributed by atoms with Crippen molar-refractivity contribution >= 4 is 17.9 Å². The second-order valence-electron chi connectivity index (χ2n) is 8.25. The molecule has 0 spiro atoms. The highest BCUT2D eigenvalue weighted by Crippen LogP contribution is 2.45. The number of carbonyl (C=O) groups is 2. The highest BCUT2D eigenvalue weighted by molar-refractivity contribution is 6.05. The summed E-state index contributed by atoms with van der Waals surface area (Å²) in [5, 5.41) is 40.1. The van der Waals surface area contributed by atoms with Gasteiger partial charge in [-0.15, -0.1) is 0 Å². The van der Waals surface area contributed by atoms with Gasteiger partial charge in [0.15, 0.2) is 0 Å². The molecule has 2 heterocycles. The van der Waals surface area contributed by atoms with Crippen LogP contribution in [-0.4, -0.2) is 63.5 Å². The molecule has 3 rings (SSSR count). The third kappa shape index (κ3) is 4.52. The first kappa shape index (κ1) is 23.4. The number of hydrogen-bond acceptors (Lipinski definition) is 7. The Morgan fingerprint density at radius 2 is 1.97 bits per heavy atom. The molecule has 0 aromatic carbocycles. The minimum atomic E-state index is -0.950. The Morgan fingerprint density at radius 3 is 2.55 bits per heavy atom. The Hall–Kier alpha value is -2.26. The Labute approximate surface area is 181 Å². The van der Waals surface area contributed by atoms with E-state index < -0.39 is 23.9 Å². The van der Waals surface area contributed by atoms with E-state index in [1.807, 2.05) is 13.0 Å². The second kappa shape index (κ2) is 9.91. The van der Waals surface area contributed by atoms with Gasteiger partial charge in [-0.3, -0.25) is 14.5 Å². The molecule has 4 atom stereocenters. The Balaban J connectivity index is 1.80. The van der Waals surface area contributed by atoms with Crippen LogP contribution >= 0.6 is 0 Å². The van der Waals surface area contributed by atoms with Crippen molar-refractivity contribution in [1.82, 2.24) is 4.90 Å². The van der Waals surface area contributed by atoms with Gasteiger partial charge < -0.3 is 24.8 Å². The summed E-state index contributed by atoms with van der Waals surface area (Å²) in [6.07, 6.45) is 2.77. The van der Waals surface area contributed by atoms with E-state index >= 15 is 0 Å². The molecule has 0 bridgehead atoms. The average Bonchev–Trinajstić information content (AvgIpc) is 3.33. The molecular weight excluding hydrogens is 402 g/mol. The predicted molar refractivity (Wildman–Crippen MR) is 112 cm³/mol. The van der Waals surface area contributed by atoms with Crippen LogP contribution < -0.4 is 0 Å². The zero-order chi connectivity index (χ0) is 22.7. The molecule has 1 aromatic rings. The summed E-state index contributed by atoms with van der Waals surface area (Å²) in [5.41, 5.74) is 2.05. The lowest BCUT2D eigenvalue weighted by molar-refractivity contribution is -0.138. The number of imide groups is 1. The van der Waals surface area contributed by atoms with Gasteiger partial charge in [-0.1, -0.05) is 12.5 Å². The van der Waals surface area contributed by atoms with Crippen molar-refractivity contribution in [1.29, 1.82) is 0 Å². The number of nitrogens with zero attached hydrogens (tertiary/aromatic N) is 1. The molecule has 8 nitrogen and oxygen atoms in total. The molecule has 1 fully saturated rings. The van der Waals surface area contributed by atoms with Crippen molar-refractivity contribution in [2.24, 2.45) is 17.8 Å². The van der Waals surface area contributed by atoms with Crippen LogP contribution in [0.2, 0.25) is 0 Å². The van der Waals surface area contributed by atoms with Crippen LogP contribution in [0.25, 0.3) is 6.08 Å². The number of allylic oxidation sites excluding steroid dienone is 1. The molecule has 1 aromatic heterocycles. The standard InChI is InChI=1S/C23H31NO7/c1-3-13(8-15-5-6-16(11-26)31-15)4-7-19(28)20-14(10-25)9-17-21(18(20)12-27)23(30)24(2)22(17)29/h5-6,8,17-19,21,25-28H,3-4,7,9-12H2,1-2H3/b13-8+/t17-,18+,19-,21-/m1/s1. The van der Waals surface area contributed by atoms with E-state index in [0.29, 0.717) is 35.5 Å². The maximum Gasteiger partial charge on any atom is 0.233 e. The lowest BCUT2D eigenvalue weighted by atomic mass is 9.68. The topological polar surface area (TPSA) is 131 Å². The van der Waals surface area contributed by atoms with E-state index in [-0.39, 0.29) is 38.1 Å². The van der Waals surface area contributed by atoms with E-state index in [9.17, 15) is 24.9 Å². The first-order chi connectivity index (χ1) is 14.9. The highest BCUT2D eigenvalue weighted by Gasteiger charge is 2.53. The quantitative estimate of drug-likeness (QED) is 0.340. The fourth-order valence-corrected chi connectivity index (χ4v) is 4.85. The Kier molecular flexibility index (Phi) is 7.48. The molecule has 0 saturated carbocycles. The van der Waals surface area contributed by atoms with Crippen LogP contribution in [0.4, 0.5) is 0 Å². The number of aliphatic hydroxyl groups is 4. The number of furan rings is 1. The molecule has 1 aliphatic heterocycles. The molecule has 0 radical (unpaired) electrons. The monoisotopic (exact) mass is 433 g/mol. The van der Waals surface area contributed by atoms with Crippen LogP contribution in [0.3, 0.4) is 0 Å². The zero-order valence-electron chi connectivity index (χ0n) is 18.0. The number of fused-ring (bicyclic) bond motifs is 1. The Morgan fingerprint density at radius 1 is 1.23 bits per heavy atom. The van der Waals surface area contributed by atoms with E-state index in [1.165, 1.54) is 7.05 Å². The number of hydrogen-bond donors (Lipinski definition) is 4. The number of carbonyl (C=O) groups excluding carboxylic acids is 2. The summed E-state index contributed by atoms with van der Waals surface area (Å²) in [6, 6.07) is 3.47. The van der Waals surface area contributed by atoms with Gasteiger partial charge in [-0.2, -0.15) is 0 Å². The third-order valence-electron chi connectivity index (χ3n) is 6.53. The van der Waals surface area contributed by atoms with Gasteiger partial charge in [-0.05, 0) is 55.0 Å². The van der Waals surface area contributed by atoms with Gasteiger partial charge in [0, 0.05) is 13.0 Å². The second-order valence-corrected chi connectivity index (χ2v) is 8.25. The summed E-state index contributed by atoms with van der Waals surface area (Å²) < 4.78 is 5.50. The summed E-state index contributed by atoms with van der Waals surface area (Å²) in [6.45, 7) is 1.11. The molecule has 31 heavy (non-hydrogen) atoms. The maximum absolute atomic E-state index is 12.6. The molecular formula is C23H31NO7. The number of aliphatic hydroxyl groups excluding tert-OH is 4. The summed E-state index contributed by atoms with van der Waals surface area (Å²) in [5.74, 6) is -1.54. The van der Waals surface area contributed by atoms with Gasteiger partial charge in [-0.25, -0.2) is 0 Å². The van der Waals surface area contributed by atoms with Crippen molar-refractivity contribution in [2.45, 2.75) is 45.3 Å². The maximum atomic E-state index is 12.6. The SMILES string of the molecule is CC/C(=C\c1ccc(CO)o1)CC[C@@H](O)C1=C(CO)C[C@H]2C(=O)N(C)C(=O)[C@H]2[C@H]1CO. The van der Waals surface area contributed by atoms with Crippen LogP contribution in [0.1, 0.15) is 44.1 Å². The molecule has 2 aliphatic rings. The summed E-state index contributed by atoms with van der Waals surface area (Å²) in [7, 11) is 1.43. The minimum absolute atomic E-state index is 0.173. The van der Waals surface area contributed by atoms with E-state index in [1.54, 1.807) is 12.1 Å². The van der Waals surface area contributed by atoms with Gasteiger partial charge in [0.25, 0.3) is 0 Å². The fourth-order valence-electron chi connectivity index (χ4n) is 4.85. The van der Waals surface area contributed by atoms with E-state index in [4.69, 9.17) is 9.52 Å². The lowest BCUT2D eigenvalue weighted by Crippen LogP contribution is -2.39. The number of amides is 2. The smallest absolute Gasteiger partial charge is 0.233 e. The van der Waals surface area contributed by atoms with Crippen molar-refractivity contribution < 1.29 is 34.4 Å². The first-order valence-electron chi connectivity index (χ1n) is 10.7. The molecule has 8 heteroatoms. The van der Waals surface area contributed by atoms with E-state index in [0.717, 1.165) is 16.9 Å². The average molecular weight is 434 g/mol. The molecule has 1 saturated heterocycles. The van der Waals surface area contributed by atoms with Gasteiger partial charge in [0.05, 0.1) is 31.2 Å². The largest absolute Gasteiger partial charge is 0.459 e. The minimum Gasteiger partial charge on any atom is -0.459 e. The molecule has 1 aliphatic carbocycles. The lowest BCUT2D eigenvalue weighted by Gasteiger charge is -2.36. The van der Waals surface area contributed by atoms with Crippen molar-refractivity contribution in [3.8, 4) is 0 Å². The van der Waals surface area contributed by atoms with Crippen LogP contribution in [0, 0.1) is 17.8 Å². The van der Waals surface area contributed by atoms with Crippen molar-refractivity contribution in [3.63, 3.8) is 0 Å². The van der Waals surface area contributed by atoms with Crippen LogP contribution in [0.5, 0.6) is 0 Å². The highest BCUT2D eigenvalue weighted by atomic mass is 16.4. The van der Waals surface area contributed by atoms with E-state index in [2.05, 4.69) is 0 Å². The molecule has 4 N–H and O–H groups in total. The van der Waals surface area contributed by atoms with Crippen molar-refractivity contribution in [3.05, 3.63) is 40.4 Å². The molecule has 0 unspecified atom stereocenters. The van der Waals surface area contributed by atoms with Crippen LogP contribution in [0.15, 0.2) is 33.3 Å². The molecule has 2 amide bonds. The molecule has 170 valence electrons. The van der Waals surface area contributed by atoms with Gasteiger partial charge in [0.2, 0.25) is 11.8 Å². The van der Waals surface area contributed by atoms with Gasteiger partial charge >= 0.3 is 0 Å². The zero-order valence-corrected chi connectivity index (χ0v) is 18.0. The fraction of sp³-hybridized carbons (Fsp3) is 0.565.